The Hall–Kier alpha value is -2.70. The first-order chi connectivity index (χ1) is 12.1. The monoisotopic (exact) mass is 342 g/mol. The minimum Gasteiger partial charge on any atom is -0.348 e. The van der Waals surface area contributed by atoms with E-state index < -0.39 is 0 Å². The standard InChI is InChI=1S/C18H22N4O3/c1-13(23)22-9-5-8-15(12-22)18(24)19-11-16-20-17(25-21-16)10-14-6-3-2-4-7-14/h2-4,6-7,15H,5,8-12H2,1H3,(H,19,24)/t15-/m0/s1. The number of carbonyl (C=O) groups excluding carboxylic acids is 2. The van der Waals surface area contributed by atoms with E-state index in [-0.39, 0.29) is 24.3 Å². The Morgan fingerprint density at radius 1 is 1.32 bits per heavy atom. The highest BCUT2D eigenvalue weighted by Gasteiger charge is 2.27. The van der Waals surface area contributed by atoms with Crippen molar-refractivity contribution in [2.45, 2.75) is 32.7 Å². The van der Waals surface area contributed by atoms with E-state index in [9.17, 15) is 9.59 Å². The number of benzene rings is 1. The van der Waals surface area contributed by atoms with Crippen LogP contribution < -0.4 is 5.32 Å². The summed E-state index contributed by atoms with van der Waals surface area (Å²) in [6, 6.07) is 9.87. The molecule has 1 aliphatic heterocycles. The van der Waals surface area contributed by atoms with E-state index in [4.69, 9.17) is 4.52 Å². The Balaban J connectivity index is 1.50. The van der Waals surface area contributed by atoms with Crippen molar-refractivity contribution in [2.24, 2.45) is 5.92 Å². The third-order valence-electron chi connectivity index (χ3n) is 4.37. The zero-order valence-electron chi connectivity index (χ0n) is 14.3. The van der Waals surface area contributed by atoms with Crippen LogP contribution in [0.3, 0.4) is 0 Å². The zero-order chi connectivity index (χ0) is 17.6. The van der Waals surface area contributed by atoms with Crippen LogP contribution in [0.4, 0.5) is 0 Å². The van der Waals surface area contributed by atoms with Gasteiger partial charge in [0, 0.05) is 20.0 Å². The van der Waals surface area contributed by atoms with E-state index in [0.29, 0.717) is 24.7 Å². The first kappa shape index (κ1) is 17.1. The molecule has 132 valence electrons. The number of piperidine rings is 1. The van der Waals surface area contributed by atoms with Gasteiger partial charge in [0.15, 0.2) is 5.82 Å². The molecule has 1 aliphatic rings. The first-order valence-electron chi connectivity index (χ1n) is 8.50. The lowest BCUT2D eigenvalue weighted by Crippen LogP contribution is -2.44. The van der Waals surface area contributed by atoms with Gasteiger partial charge < -0.3 is 14.7 Å². The number of aromatic nitrogens is 2. The van der Waals surface area contributed by atoms with Crippen molar-refractivity contribution in [1.29, 1.82) is 0 Å². The Bertz CT molecular complexity index is 729. The number of hydrogen-bond acceptors (Lipinski definition) is 5. The van der Waals surface area contributed by atoms with Gasteiger partial charge in [-0.05, 0) is 18.4 Å². The van der Waals surface area contributed by atoms with E-state index in [1.807, 2.05) is 30.3 Å². The summed E-state index contributed by atoms with van der Waals surface area (Å²) in [5.41, 5.74) is 1.09. The van der Waals surface area contributed by atoms with Gasteiger partial charge in [-0.1, -0.05) is 35.5 Å². The topological polar surface area (TPSA) is 88.3 Å². The molecule has 1 aromatic carbocycles. The van der Waals surface area contributed by atoms with Gasteiger partial charge in [0.1, 0.15) is 0 Å². The number of amides is 2. The van der Waals surface area contributed by atoms with Gasteiger partial charge in [-0.3, -0.25) is 9.59 Å². The molecule has 2 heterocycles. The molecular weight excluding hydrogens is 320 g/mol. The fraction of sp³-hybridized carbons (Fsp3) is 0.444. The van der Waals surface area contributed by atoms with Gasteiger partial charge >= 0.3 is 0 Å². The normalized spacial score (nSPS) is 17.3. The number of rotatable bonds is 5. The highest BCUT2D eigenvalue weighted by Crippen LogP contribution is 2.17. The van der Waals surface area contributed by atoms with Crippen molar-refractivity contribution < 1.29 is 14.1 Å². The molecule has 0 radical (unpaired) electrons. The molecular formula is C18H22N4O3. The maximum atomic E-state index is 12.3. The van der Waals surface area contributed by atoms with E-state index in [0.717, 1.165) is 24.9 Å². The van der Waals surface area contributed by atoms with Crippen molar-refractivity contribution in [1.82, 2.24) is 20.4 Å². The highest BCUT2D eigenvalue weighted by atomic mass is 16.5. The largest absolute Gasteiger partial charge is 0.348 e. The number of carbonyl (C=O) groups is 2. The van der Waals surface area contributed by atoms with Crippen LogP contribution in [0, 0.1) is 5.92 Å². The molecule has 0 saturated carbocycles. The van der Waals surface area contributed by atoms with Crippen molar-refractivity contribution in [3.8, 4) is 0 Å². The molecule has 0 bridgehead atoms. The van der Waals surface area contributed by atoms with Gasteiger partial charge in [0.2, 0.25) is 17.7 Å². The van der Waals surface area contributed by atoms with Crippen LogP contribution in [0.1, 0.15) is 37.0 Å². The molecule has 1 N–H and O–H groups in total. The quantitative estimate of drug-likeness (QED) is 0.890. The molecule has 1 saturated heterocycles. The van der Waals surface area contributed by atoms with E-state index >= 15 is 0 Å². The fourth-order valence-corrected chi connectivity index (χ4v) is 2.99. The van der Waals surface area contributed by atoms with Crippen LogP contribution in [0.15, 0.2) is 34.9 Å². The minimum absolute atomic E-state index is 0.0150. The molecule has 1 fully saturated rings. The second-order valence-electron chi connectivity index (χ2n) is 6.29. The van der Waals surface area contributed by atoms with Crippen molar-refractivity contribution in [3.05, 3.63) is 47.6 Å². The summed E-state index contributed by atoms with van der Waals surface area (Å²) in [6.45, 7) is 2.97. The predicted octanol–water partition coefficient (Wildman–Crippen LogP) is 1.54. The van der Waals surface area contributed by atoms with E-state index in [1.54, 1.807) is 4.90 Å². The molecule has 3 rings (SSSR count). The maximum absolute atomic E-state index is 12.3. The average molecular weight is 342 g/mol. The molecule has 1 atom stereocenters. The van der Waals surface area contributed by atoms with E-state index in [1.165, 1.54) is 6.92 Å². The van der Waals surface area contributed by atoms with E-state index in [2.05, 4.69) is 15.5 Å². The third kappa shape index (κ3) is 4.65. The summed E-state index contributed by atoms with van der Waals surface area (Å²) in [6.07, 6.45) is 2.21. The lowest BCUT2D eigenvalue weighted by molar-refractivity contribution is -0.134. The lowest BCUT2D eigenvalue weighted by Gasteiger charge is -2.31. The minimum atomic E-state index is -0.173. The average Bonchev–Trinajstić information content (AvgIpc) is 3.08. The molecule has 0 aliphatic carbocycles. The summed E-state index contributed by atoms with van der Waals surface area (Å²) >= 11 is 0. The van der Waals surface area contributed by atoms with Gasteiger partial charge in [-0.2, -0.15) is 4.98 Å². The smallest absolute Gasteiger partial charge is 0.231 e. The summed E-state index contributed by atoms with van der Waals surface area (Å²) in [5.74, 6) is 0.754. The molecule has 25 heavy (non-hydrogen) atoms. The molecule has 7 nitrogen and oxygen atoms in total. The Morgan fingerprint density at radius 2 is 2.12 bits per heavy atom. The highest BCUT2D eigenvalue weighted by molar-refractivity contribution is 5.80. The van der Waals surface area contributed by atoms with Gasteiger partial charge in [0.05, 0.1) is 18.9 Å². The zero-order valence-corrected chi connectivity index (χ0v) is 14.3. The summed E-state index contributed by atoms with van der Waals surface area (Å²) in [5, 5.41) is 6.75. The molecule has 2 amide bonds. The molecule has 0 unspecified atom stereocenters. The summed E-state index contributed by atoms with van der Waals surface area (Å²) in [7, 11) is 0. The van der Waals surface area contributed by atoms with Gasteiger partial charge in [0.25, 0.3) is 0 Å². The Morgan fingerprint density at radius 3 is 2.88 bits per heavy atom. The van der Waals surface area contributed by atoms with Crippen LogP contribution in [0.2, 0.25) is 0 Å². The van der Waals surface area contributed by atoms with Crippen LogP contribution in [-0.4, -0.2) is 39.9 Å². The molecule has 0 spiro atoms. The second kappa shape index (κ2) is 7.92. The Labute approximate surface area is 146 Å². The van der Waals surface area contributed by atoms with Crippen LogP contribution in [-0.2, 0) is 22.6 Å². The molecule has 7 heteroatoms. The maximum Gasteiger partial charge on any atom is 0.231 e. The lowest BCUT2D eigenvalue weighted by atomic mass is 9.97. The first-order valence-corrected chi connectivity index (χ1v) is 8.50. The number of nitrogens with zero attached hydrogens (tertiary/aromatic N) is 3. The number of likely N-dealkylation sites (tertiary alicyclic amines) is 1. The van der Waals surface area contributed by atoms with Crippen molar-refractivity contribution in [2.75, 3.05) is 13.1 Å². The third-order valence-corrected chi connectivity index (χ3v) is 4.37. The molecule has 2 aromatic rings. The SMILES string of the molecule is CC(=O)N1CCC[C@H](C(=O)NCc2noc(Cc3ccccc3)n2)C1. The van der Waals surface area contributed by atoms with Crippen LogP contribution in [0.25, 0.3) is 0 Å². The van der Waals surface area contributed by atoms with Crippen molar-refractivity contribution >= 4 is 11.8 Å². The fourth-order valence-electron chi connectivity index (χ4n) is 2.99. The number of hydrogen-bond donors (Lipinski definition) is 1. The van der Waals surface area contributed by atoms with Crippen LogP contribution in [0.5, 0.6) is 0 Å². The van der Waals surface area contributed by atoms with Crippen molar-refractivity contribution in [3.63, 3.8) is 0 Å². The molecule has 1 aromatic heterocycles. The predicted molar refractivity (Wildman–Crippen MR) is 90.4 cm³/mol. The van der Waals surface area contributed by atoms with Crippen LogP contribution >= 0.6 is 0 Å². The number of nitrogens with one attached hydrogen (secondary N) is 1. The Kier molecular flexibility index (Phi) is 5.42. The summed E-state index contributed by atoms with van der Waals surface area (Å²) in [4.78, 5) is 29.8. The summed E-state index contributed by atoms with van der Waals surface area (Å²) < 4.78 is 5.23. The van der Waals surface area contributed by atoms with Gasteiger partial charge in [-0.15, -0.1) is 0 Å². The second-order valence-corrected chi connectivity index (χ2v) is 6.29. The van der Waals surface area contributed by atoms with Gasteiger partial charge in [-0.25, -0.2) is 0 Å².